The Morgan fingerprint density at radius 1 is 0.542 bits per heavy atom. The van der Waals surface area contributed by atoms with E-state index in [4.69, 9.17) is 0 Å². The molecule has 0 aromatic rings. The molecule has 1 nitrogen and oxygen atoms in total. The van der Waals surface area contributed by atoms with Gasteiger partial charge in [-0.2, -0.15) is 0 Å². The first-order valence-corrected chi connectivity index (χ1v) is 9.41. The van der Waals surface area contributed by atoms with Gasteiger partial charge in [-0.05, 0) is 86.5 Å². The van der Waals surface area contributed by atoms with E-state index in [1.54, 1.807) is 6.92 Å². The van der Waals surface area contributed by atoms with E-state index in [9.17, 15) is 4.79 Å². The average Bonchev–Trinajstić information content (AvgIpc) is 2.46. The molecule has 1 heteroatoms. The molecule has 0 amide bonds. The molecular formula is C23H38O. The molecule has 0 N–H and O–H groups in total. The van der Waals surface area contributed by atoms with Crippen LogP contribution in [0, 0.1) is 0 Å². The van der Waals surface area contributed by atoms with Gasteiger partial charge in [-0.15, -0.1) is 0 Å². The first-order valence-electron chi connectivity index (χ1n) is 9.41. The zero-order chi connectivity index (χ0) is 18.4. The van der Waals surface area contributed by atoms with Gasteiger partial charge in [0.2, 0.25) is 0 Å². The number of Topliss-reactive ketones (excluding diaryl/α,β-unsaturated/α-hetero) is 1. The topological polar surface area (TPSA) is 17.1 Å². The smallest absolute Gasteiger partial charge is 0.130 e. The predicted octanol–water partition coefficient (Wildman–Crippen LogP) is 7.50. The highest BCUT2D eigenvalue weighted by atomic mass is 16.1. The van der Waals surface area contributed by atoms with E-state index in [1.807, 2.05) is 0 Å². The zero-order valence-electron chi connectivity index (χ0n) is 16.9. The van der Waals surface area contributed by atoms with Crippen molar-refractivity contribution >= 4 is 5.78 Å². The maximum Gasteiger partial charge on any atom is 0.130 e. The van der Waals surface area contributed by atoms with Gasteiger partial charge in [0.1, 0.15) is 5.78 Å². The molecule has 0 spiro atoms. The summed E-state index contributed by atoms with van der Waals surface area (Å²) in [6.07, 6.45) is 17.7. The number of allylic oxidation sites excluding steroid dienone is 8. The summed E-state index contributed by atoms with van der Waals surface area (Å²) < 4.78 is 0. The van der Waals surface area contributed by atoms with Crippen LogP contribution >= 0.6 is 0 Å². The van der Waals surface area contributed by atoms with E-state index in [2.05, 4.69) is 58.9 Å². The molecule has 0 aliphatic heterocycles. The number of rotatable bonds is 12. The molecule has 0 aliphatic rings. The van der Waals surface area contributed by atoms with Crippen LogP contribution in [0.25, 0.3) is 0 Å². The second-order valence-electron chi connectivity index (χ2n) is 7.29. The van der Waals surface area contributed by atoms with E-state index in [0.717, 1.165) is 38.5 Å². The largest absolute Gasteiger partial charge is 0.300 e. The van der Waals surface area contributed by atoms with Gasteiger partial charge < -0.3 is 4.79 Å². The lowest BCUT2D eigenvalue weighted by atomic mass is 10.0. The number of ketones is 1. The molecule has 0 fully saturated rings. The summed E-state index contributed by atoms with van der Waals surface area (Å²) in [4.78, 5) is 10.9. The third-order valence-corrected chi connectivity index (χ3v) is 4.14. The minimum atomic E-state index is 0.277. The third-order valence-electron chi connectivity index (χ3n) is 4.14. The second-order valence-corrected chi connectivity index (χ2v) is 7.29. The van der Waals surface area contributed by atoms with E-state index in [1.165, 1.54) is 28.7 Å². The highest BCUT2D eigenvalue weighted by molar-refractivity contribution is 5.75. The van der Waals surface area contributed by atoms with Crippen LogP contribution in [0.1, 0.15) is 92.9 Å². The van der Waals surface area contributed by atoms with E-state index < -0.39 is 0 Å². The lowest BCUT2D eigenvalue weighted by Gasteiger charge is -2.02. The Labute approximate surface area is 150 Å². The third kappa shape index (κ3) is 15.5. The van der Waals surface area contributed by atoms with Crippen molar-refractivity contribution in [1.29, 1.82) is 0 Å². The van der Waals surface area contributed by atoms with Gasteiger partial charge in [0.15, 0.2) is 0 Å². The molecule has 0 atom stereocenters. The van der Waals surface area contributed by atoms with Gasteiger partial charge in [0.05, 0.1) is 0 Å². The maximum absolute atomic E-state index is 10.9. The average molecular weight is 331 g/mol. The first-order chi connectivity index (χ1) is 11.3. The summed E-state index contributed by atoms with van der Waals surface area (Å²) in [5, 5.41) is 0. The van der Waals surface area contributed by atoms with Crippen molar-refractivity contribution < 1.29 is 4.79 Å². The minimum absolute atomic E-state index is 0.277. The van der Waals surface area contributed by atoms with Gasteiger partial charge in [-0.3, -0.25) is 0 Å². The standard InChI is InChI=1S/C23H38O/c1-19(2)11-7-12-20(3)13-8-14-21(4)15-9-16-22(5)17-10-18-23(6)24/h11,13,15,17H,7-10,12,14,16,18H2,1-6H3/b20-13+,21-15-,22-17-. The van der Waals surface area contributed by atoms with Crippen LogP contribution in [0.3, 0.4) is 0 Å². The Bertz CT molecular complexity index is 482. The summed E-state index contributed by atoms with van der Waals surface area (Å²) in [6, 6.07) is 0. The van der Waals surface area contributed by atoms with E-state index >= 15 is 0 Å². The minimum Gasteiger partial charge on any atom is -0.300 e. The maximum atomic E-state index is 10.9. The summed E-state index contributed by atoms with van der Waals surface area (Å²) in [5.74, 6) is 0.277. The lowest BCUT2D eigenvalue weighted by molar-refractivity contribution is -0.116. The Balaban J connectivity index is 3.98. The Kier molecular flexibility index (Phi) is 13.2. The number of carbonyl (C=O) groups excluding carboxylic acids is 1. The van der Waals surface area contributed by atoms with Crippen molar-refractivity contribution in [3.05, 3.63) is 46.6 Å². The molecule has 0 radical (unpaired) electrons. The van der Waals surface area contributed by atoms with Gasteiger partial charge in [0, 0.05) is 6.42 Å². The summed E-state index contributed by atoms with van der Waals surface area (Å²) in [5.41, 5.74) is 5.80. The molecule has 0 saturated heterocycles. The Morgan fingerprint density at radius 2 is 0.875 bits per heavy atom. The van der Waals surface area contributed by atoms with E-state index in [-0.39, 0.29) is 5.78 Å². The molecule has 136 valence electrons. The van der Waals surface area contributed by atoms with Crippen molar-refractivity contribution in [2.75, 3.05) is 0 Å². The SMILES string of the molecule is CC(=O)CC/C=C(/C)CC/C=C(/C)CC/C=C(\C)CCC=C(C)C. The fourth-order valence-electron chi connectivity index (χ4n) is 2.51. The monoisotopic (exact) mass is 330 g/mol. The van der Waals surface area contributed by atoms with Gasteiger partial charge in [-0.25, -0.2) is 0 Å². The molecule has 0 unspecified atom stereocenters. The van der Waals surface area contributed by atoms with Crippen molar-refractivity contribution in [2.24, 2.45) is 0 Å². The van der Waals surface area contributed by atoms with Crippen molar-refractivity contribution in [1.82, 2.24) is 0 Å². The molecular weight excluding hydrogens is 292 g/mol. The second kappa shape index (κ2) is 14.0. The molecule has 0 aliphatic carbocycles. The van der Waals surface area contributed by atoms with Crippen LogP contribution in [-0.2, 0) is 4.79 Å². The number of hydrogen-bond acceptors (Lipinski definition) is 1. The van der Waals surface area contributed by atoms with Crippen LogP contribution in [0.15, 0.2) is 46.6 Å². The molecule has 24 heavy (non-hydrogen) atoms. The highest BCUT2D eigenvalue weighted by Gasteiger charge is 1.94. The number of carbonyl (C=O) groups is 1. The van der Waals surface area contributed by atoms with Gasteiger partial charge in [-0.1, -0.05) is 46.6 Å². The normalized spacial score (nSPS) is 13.2. The Morgan fingerprint density at radius 3 is 1.21 bits per heavy atom. The van der Waals surface area contributed by atoms with Crippen LogP contribution in [0.2, 0.25) is 0 Å². The molecule has 0 saturated carbocycles. The summed E-state index contributed by atoms with van der Waals surface area (Å²) in [7, 11) is 0. The molecule has 0 heterocycles. The van der Waals surface area contributed by atoms with Crippen LogP contribution in [-0.4, -0.2) is 5.78 Å². The summed E-state index contributed by atoms with van der Waals surface area (Å²) >= 11 is 0. The van der Waals surface area contributed by atoms with Crippen LogP contribution < -0.4 is 0 Å². The van der Waals surface area contributed by atoms with Crippen molar-refractivity contribution in [3.63, 3.8) is 0 Å². The van der Waals surface area contributed by atoms with E-state index in [0.29, 0.717) is 6.42 Å². The summed E-state index contributed by atoms with van der Waals surface area (Å²) in [6.45, 7) is 12.6. The Hall–Kier alpha value is -1.37. The van der Waals surface area contributed by atoms with Crippen LogP contribution in [0.5, 0.6) is 0 Å². The highest BCUT2D eigenvalue weighted by Crippen LogP contribution is 2.14. The van der Waals surface area contributed by atoms with Crippen molar-refractivity contribution in [2.45, 2.75) is 92.9 Å². The van der Waals surface area contributed by atoms with Gasteiger partial charge in [0.25, 0.3) is 0 Å². The quantitative estimate of drug-likeness (QED) is 0.338. The van der Waals surface area contributed by atoms with Crippen molar-refractivity contribution in [3.8, 4) is 0 Å². The van der Waals surface area contributed by atoms with Gasteiger partial charge >= 0.3 is 0 Å². The molecule has 0 bridgehead atoms. The lowest BCUT2D eigenvalue weighted by Crippen LogP contribution is -1.87. The predicted molar refractivity (Wildman–Crippen MR) is 108 cm³/mol. The molecule has 0 aromatic heterocycles. The molecule has 0 aromatic carbocycles. The fraction of sp³-hybridized carbons (Fsp3) is 0.609. The fourth-order valence-corrected chi connectivity index (χ4v) is 2.51. The first kappa shape index (κ1) is 22.6. The zero-order valence-corrected chi connectivity index (χ0v) is 16.9. The van der Waals surface area contributed by atoms with Crippen LogP contribution in [0.4, 0.5) is 0 Å². The molecule has 0 rings (SSSR count). The number of hydrogen-bond donors (Lipinski definition) is 0.